The first-order valence-corrected chi connectivity index (χ1v) is 2.37. The summed E-state index contributed by atoms with van der Waals surface area (Å²) < 4.78 is 0. The van der Waals surface area contributed by atoms with Crippen molar-refractivity contribution >= 4 is 11.9 Å². The number of carbonyl (C=O) groups excluding carboxylic acids is 1. The van der Waals surface area contributed by atoms with Crippen LogP contribution in [0.2, 0.25) is 0 Å². The molecule has 5 heteroatoms. The molecule has 2 amide bonds. The molecule has 0 aliphatic rings. The van der Waals surface area contributed by atoms with Crippen molar-refractivity contribution in [3.63, 3.8) is 0 Å². The molecule has 9 heavy (non-hydrogen) atoms. The van der Waals surface area contributed by atoms with Gasteiger partial charge in [0.1, 0.15) is 6.73 Å². The van der Waals surface area contributed by atoms with Crippen molar-refractivity contribution in [2.24, 2.45) is 0 Å². The van der Waals surface area contributed by atoms with Crippen molar-refractivity contribution in [3.05, 3.63) is 0 Å². The van der Waals surface area contributed by atoms with Crippen LogP contribution in [0.5, 0.6) is 0 Å². The van der Waals surface area contributed by atoms with E-state index in [0.29, 0.717) is 0 Å². The van der Waals surface area contributed by atoms with Gasteiger partial charge in [0.2, 0.25) is 0 Å². The van der Waals surface area contributed by atoms with E-state index < -0.39 is 12.8 Å². The minimum Gasteiger partial charge on any atom is -0.376 e. The smallest absolute Gasteiger partial charge is 0.321 e. The molecule has 0 rings (SSSR count). The average Bonchev–Trinajstić information content (AvgIpc) is 1.63. The van der Waals surface area contributed by atoms with Crippen LogP contribution in [0.15, 0.2) is 0 Å². The van der Waals surface area contributed by atoms with Crippen LogP contribution >= 0.6 is 0 Å². The molecule has 52 valence electrons. The molecular formula is C4H9N3O2. The summed E-state index contributed by atoms with van der Waals surface area (Å²) >= 11 is 0. The van der Waals surface area contributed by atoms with E-state index in [-0.39, 0.29) is 5.84 Å². The van der Waals surface area contributed by atoms with Gasteiger partial charge in [-0.05, 0) is 6.92 Å². The first-order valence-electron chi connectivity index (χ1n) is 2.37. The fourth-order valence-electron chi connectivity index (χ4n) is 0.286. The molecule has 0 saturated heterocycles. The Hall–Kier alpha value is -1.10. The van der Waals surface area contributed by atoms with Gasteiger partial charge in [0, 0.05) is 0 Å². The minimum atomic E-state index is -0.565. The molecule has 0 heterocycles. The van der Waals surface area contributed by atoms with E-state index in [9.17, 15) is 4.79 Å². The summed E-state index contributed by atoms with van der Waals surface area (Å²) in [5.74, 6) is 0.0425. The third-order valence-electron chi connectivity index (χ3n) is 0.541. The van der Waals surface area contributed by atoms with Gasteiger partial charge in [0.15, 0.2) is 0 Å². The normalized spacial score (nSPS) is 8.22. The lowest BCUT2D eigenvalue weighted by Gasteiger charge is -2.00. The predicted octanol–water partition coefficient (Wildman–Crippen LogP) is -0.767. The highest BCUT2D eigenvalue weighted by Crippen LogP contribution is 1.63. The van der Waals surface area contributed by atoms with E-state index in [0.717, 1.165) is 0 Å². The van der Waals surface area contributed by atoms with Gasteiger partial charge in [-0.3, -0.25) is 10.7 Å². The molecule has 0 unspecified atom stereocenters. The third kappa shape index (κ3) is 4.76. The first-order chi connectivity index (χ1) is 4.16. The fourth-order valence-corrected chi connectivity index (χ4v) is 0.286. The van der Waals surface area contributed by atoms with Gasteiger partial charge in [-0.2, -0.15) is 0 Å². The van der Waals surface area contributed by atoms with Crippen LogP contribution < -0.4 is 10.6 Å². The highest BCUT2D eigenvalue weighted by Gasteiger charge is 1.95. The number of rotatable bonds is 1. The third-order valence-corrected chi connectivity index (χ3v) is 0.541. The molecule has 0 saturated carbocycles. The van der Waals surface area contributed by atoms with Crippen molar-refractivity contribution in [1.82, 2.24) is 10.6 Å². The number of carbonyl (C=O) groups is 1. The summed E-state index contributed by atoms with van der Waals surface area (Å²) in [5, 5.41) is 19.0. The number of amides is 2. The maximum atomic E-state index is 10.3. The maximum absolute atomic E-state index is 10.3. The quantitative estimate of drug-likeness (QED) is 0.214. The van der Waals surface area contributed by atoms with E-state index >= 15 is 0 Å². The number of urea groups is 1. The van der Waals surface area contributed by atoms with Gasteiger partial charge >= 0.3 is 6.03 Å². The zero-order valence-corrected chi connectivity index (χ0v) is 5.06. The molecule has 0 bridgehead atoms. The summed E-state index contributed by atoms with van der Waals surface area (Å²) in [6.07, 6.45) is 0. The second-order valence-corrected chi connectivity index (χ2v) is 1.41. The Morgan fingerprint density at radius 2 is 2.33 bits per heavy atom. The average molecular weight is 131 g/mol. The van der Waals surface area contributed by atoms with Crippen LogP contribution in [0.4, 0.5) is 4.79 Å². The molecular weight excluding hydrogens is 122 g/mol. The number of hydrogen-bond acceptors (Lipinski definition) is 3. The van der Waals surface area contributed by atoms with Crippen molar-refractivity contribution in [1.29, 1.82) is 5.41 Å². The second-order valence-electron chi connectivity index (χ2n) is 1.41. The number of aliphatic hydroxyl groups is 1. The van der Waals surface area contributed by atoms with Crippen LogP contribution in [0.25, 0.3) is 0 Å². The van der Waals surface area contributed by atoms with Gasteiger partial charge in [0.05, 0.1) is 5.84 Å². The Labute approximate surface area is 52.6 Å². The molecule has 4 N–H and O–H groups in total. The molecule has 0 radical (unpaired) electrons. The van der Waals surface area contributed by atoms with Crippen LogP contribution in [0.1, 0.15) is 6.92 Å². The second kappa shape index (κ2) is 3.85. The zero-order chi connectivity index (χ0) is 7.28. The SMILES string of the molecule is CC(=N)NC(=O)NCO. The van der Waals surface area contributed by atoms with E-state index in [1.165, 1.54) is 6.92 Å². The Morgan fingerprint density at radius 1 is 1.78 bits per heavy atom. The van der Waals surface area contributed by atoms with Gasteiger partial charge in [-0.1, -0.05) is 0 Å². The highest BCUT2D eigenvalue weighted by atomic mass is 16.3. The van der Waals surface area contributed by atoms with Gasteiger partial charge in [-0.25, -0.2) is 4.79 Å². The highest BCUT2D eigenvalue weighted by molar-refractivity contribution is 5.94. The summed E-state index contributed by atoms with van der Waals surface area (Å²) in [4.78, 5) is 10.3. The molecule has 0 aromatic rings. The largest absolute Gasteiger partial charge is 0.376 e. The molecule has 0 aliphatic heterocycles. The Morgan fingerprint density at radius 3 is 2.67 bits per heavy atom. The lowest BCUT2D eigenvalue weighted by Crippen LogP contribution is -2.38. The monoisotopic (exact) mass is 131 g/mol. The van der Waals surface area contributed by atoms with E-state index in [1.54, 1.807) is 0 Å². The van der Waals surface area contributed by atoms with Crippen LogP contribution in [0.3, 0.4) is 0 Å². The van der Waals surface area contributed by atoms with Crippen molar-refractivity contribution < 1.29 is 9.90 Å². The Balaban J connectivity index is 3.39. The van der Waals surface area contributed by atoms with Gasteiger partial charge in [0.25, 0.3) is 0 Å². The molecule has 5 nitrogen and oxygen atoms in total. The summed E-state index contributed by atoms with van der Waals surface area (Å²) in [5.41, 5.74) is 0. The lowest BCUT2D eigenvalue weighted by atomic mass is 10.7. The molecule has 0 aromatic heterocycles. The number of amidine groups is 1. The zero-order valence-electron chi connectivity index (χ0n) is 5.06. The lowest BCUT2D eigenvalue weighted by molar-refractivity contribution is 0.221. The van der Waals surface area contributed by atoms with Crippen molar-refractivity contribution in [2.75, 3.05) is 6.73 Å². The first kappa shape index (κ1) is 7.90. The molecule has 0 aliphatic carbocycles. The van der Waals surface area contributed by atoms with Gasteiger partial charge < -0.3 is 10.4 Å². The molecule has 0 spiro atoms. The topological polar surface area (TPSA) is 85.2 Å². The van der Waals surface area contributed by atoms with Gasteiger partial charge in [-0.15, -0.1) is 0 Å². The Bertz CT molecular complexity index is 123. The van der Waals surface area contributed by atoms with Crippen molar-refractivity contribution in [2.45, 2.75) is 6.92 Å². The predicted molar refractivity (Wildman–Crippen MR) is 32.2 cm³/mol. The van der Waals surface area contributed by atoms with Crippen molar-refractivity contribution in [3.8, 4) is 0 Å². The number of aliphatic hydroxyl groups excluding tert-OH is 1. The summed E-state index contributed by atoms with van der Waals surface area (Å²) in [6.45, 7) is 1.01. The van der Waals surface area contributed by atoms with E-state index in [2.05, 4.69) is 5.32 Å². The number of nitrogens with one attached hydrogen (secondary N) is 3. The van der Waals surface area contributed by atoms with E-state index in [1.807, 2.05) is 5.32 Å². The van der Waals surface area contributed by atoms with Crippen LogP contribution in [-0.2, 0) is 0 Å². The summed E-state index contributed by atoms with van der Waals surface area (Å²) in [7, 11) is 0. The van der Waals surface area contributed by atoms with Crippen LogP contribution in [-0.4, -0.2) is 23.7 Å². The van der Waals surface area contributed by atoms with E-state index in [4.69, 9.17) is 10.5 Å². The summed E-state index contributed by atoms with van der Waals surface area (Å²) in [6, 6.07) is -0.565. The Kier molecular flexibility index (Phi) is 3.38. The molecule has 0 fully saturated rings. The number of hydrogen-bond donors (Lipinski definition) is 4. The minimum absolute atomic E-state index is 0.0425. The molecule has 0 atom stereocenters. The molecule has 0 aromatic carbocycles. The standard InChI is InChI=1S/C4H9N3O2/c1-3(5)7-4(9)6-2-8/h8H,2H2,1H3,(H3,5,6,7,9). The van der Waals surface area contributed by atoms with Crippen LogP contribution in [0, 0.1) is 5.41 Å². The fraction of sp³-hybridized carbons (Fsp3) is 0.500. The maximum Gasteiger partial charge on any atom is 0.321 e.